The zero-order chi connectivity index (χ0) is 12.1. The van der Waals surface area contributed by atoms with Crippen LogP contribution in [0.1, 0.15) is 5.56 Å². The quantitative estimate of drug-likeness (QED) is 0.668. The minimum absolute atomic E-state index is 0.0270. The summed E-state index contributed by atoms with van der Waals surface area (Å²) in [4.78, 5) is 11.7. The molecule has 0 unspecified atom stereocenters. The molecular formula is C13H18N2O2. The van der Waals surface area contributed by atoms with E-state index in [0.29, 0.717) is 6.42 Å². The van der Waals surface area contributed by atoms with E-state index in [1.807, 2.05) is 30.3 Å². The van der Waals surface area contributed by atoms with Crippen LogP contribution >= 0.6 is 0 Å². The van der Waals surface area contributed by atoms with Crippen LogP contribution in [0.15, 0.2) is 30.3 Å². The Balaban J connectivity index is 1.86. The fourth-order valence-electron chi connectivity index (χ4n) is 1.85. The summed E-state index contributed by atoms with van der Waals surface area (Å²) >= 11 is 0. The Morgan fingerprint density at radius 3 is 2.65 bits per heavy atom. The molecule has 0 radical (unpaired) electrons. The molecule has 0 bridgehead atoms. The Kier molecular flexibility index (Phi) is 4.12. The van der Waals surface area contributed by atoms with Gasteiger partial charge in [0, 0.05) is 13.1 Å². The minimum Gasteiger partial charge on any atom is -0.394 e. The van der Waals surface area contributed by atoms with Crippen LogP contribution in [0.5, 0.6) is 0 Å². The van der Waals surface area contributed by atoms with Crippen molar-refractivity contribution in [1.29, 1.82) is 0 Å². The molecule has 0 saturated carbocycles. The molecule has 1 aliphatic rings. The van der Waals surface area contributed by atoms with E-state index in [0.717, 1.165) is 18.7 Å². The van der Waals surface area contributed by atoms with Gasteiger partial charge < -0.3 is 15.7 Å². The number of aliphatic hydroxyl groups is 1. The molecular weight excluding hydrogens is 216 g/mol. The number of hydrogen-bond donors (Lipinski definition) is 3. The molecule has 0 spiro atoms. The number of benzene rings is 1. The SMILES string of the molecule is O=C(N[C@@H](CO)Cc1ccccc1)C1CNC1. The van der Waals surface area contributed by atoms with Crippen LogP contribution in [-0.4, -0.2) is 36.8 Å². The summed E-state index contributed by atoms with van der Waals surface area (Å²) in [6, 6.07) is 9.68. The van der Waals surface area contributed by atoms with Gasteiger partial charge in [-0.1, -0.05) is 30.3 Å². The van der Waals surface area contributed by atoms with Gasteiger partial charge in [-0.2, -0.15) is 0 Å². The van der Waals surface area contributed by atoms with Crippen LogP contribution in [0.25, 0.3) is 0 Å². The number of rotatable bonds is 5. The van der Waals surface area contributed by atoms with E-state index in [4.69, 9.17) is 0 Å². The van der Waals surface area contributed by atoms with Crippen LogP contribution in [0, 0.1) is 5.92 Å². The molecule has 17 heavy (non-hydrogen) atoms. The maximum atomic E-state index is 11.7. The molecule has 2 rings (SSSR count). The van der Waals surface area contributed by atoms with Crippen LogP contribution in [0.4, 0.5) is 0 Å². The van der Waals surface area contributed by atoms with Gasteiger partial charge in [-0.15, -0.1) is 0 Å². The van der Waals surface area contributed by atoms with Gasteiger partial charge in [0.05, 0.1) is 18.6 Å². The minimum atomic E-state index is -0.189. The van der Waals surface area contributed by atoms with Crippen molar-refractivity contribution in [3.63, 3.8) is 0 Å². The first-order valence-electron chi connectivity index (χ1n) is 5.95. The average Bonchev–Trinajstić information content (AvgIpc) is 2.27. The van der Waals surface area contributed by atoms with Gasteiger partial charge >= 0.3 is 0 Å². The van der Waals surface area contributed by atoms with E-state index in [1.54, 1.807) is 0 Å². The maximum absolute atomic E-state index is 11.7. The van der Waals surface area contributed by atoms with Crippen molar-refractivity contribution in [3.8, 4) is 0 Å². The van der Waals surface area contributed by atoms with Gasteiger partial charge in [-0.3, -0.25) is 4.79 Å². The number of nitrogens with one attached hydrogen (secondary N) is 2. The Morgan fingerprint density at radius 1 is 1.41 bits per heavy atom. The lowest BCUT2D eigenvalue weighted by molar-refractivity contribution is -0.127. The highest BCUT2D eigenvalue weighted by molar-refractivity contribution is 5.80. The fraction of sp³-hybridized carbons (Fsp3) is 0.462. The molecule has 1 saturated heterocycles. The maximum Gasteiger partial charge on any atom is 0.225 e. The third-order valence-electron chi connectivity index (χ3n) is 3.04. The molecule has 1 amide bonds. The van der Waals surface area contributed by atoms with Crippen LogP contribution in [-0.2, 0) is 11.2 Å². The van der Waals surface area contributed by atoms with Crippen molar-refractivity contribution in [2.75, 3.05) is 19.7 Å². The third kappa shape index (κ3) is 3.28. The number of hydrogen-bond acceptors (Lipinski definition) is 3. The number of amides is 1. The Bertz CT molecular complexity index is 363. The summed E-state index contributed by atoms with van der Waals surface area (Å²) in [5.74, 6) is 0.110. The monoisotopic (exact) mass is 234 g/mol. The van der Waals surface area contributed by atoms with Crippen LogP contribution in [0.3, 0.4) is 0 Å². The topological polar surface area (TPSA) is 61.4 Å². The third-order valence-corrected chi connectivity index (χ3v) is 3.04. The summed E-state index contributed by atoms with van der Waals surface area (Å²) in [5.41, 5.74) is 1.12. The van der Waals surface area contributed by atoms with Gasteiger partial charge in [0.25, 0.3) is 0 Å². The largest absolute Gasteiger partial charge is 0.394 e. The first-order valence-corrected chi connectivity index (χ1v) is 5.95. The first-order chi connectivity index (χ1) is 8.29. The van der Waals surface area contributed by atoms with E-state index in [1.165, 1.54) is 0 Å². The second-order valence-corrected chi connectivity index (χ2v) is 4.43. The van der Waals surface area contributed by atoms with Crippen LogP contribution < -0.4 is 10.6 Å². The van der Waals surface area contributed by atoms with Crippen molar-refractivity contribution >= 4 is 5.91 Å². The highest BCUT2D eigenvalue weighted by Gasteiger charge is 2.26. The van der Waals surface area contributed by atoms with Gasteiger partial charge in [-0.25, -0.2) is 0 Å². The smallest absolute Gasteiger partial charge is 0.225 e. The Hall–Kier alpha value is -1.39. The molecule has 92 valence electrons. The van der Waals surface area contributed by atoms with E-state index in [-0.39, 0.29) is 24.5 Å². The molecule has 4 nitrogen and oxygen atoms in total. The molecule has 1 atom stereocenters. The number of aliphatic hydroxyl groups excluding tert-OH is 1. The van der Waals surface area contributed by atoms with E-state index in [2.05, 4.69) is 10.6 Å². The summed E-state index contributed by atoms with van der Waals surface area (Å²) in [5, 5.41) is 15.2. The molecule has 3 N–H and O–H groups in total. The molecule has 1 heterocycles. The first kappa shape index (κ1) is 12.1. The molecule has 0 aliphatic carbocycles. The molecule has 1 fully saturated rings. The van der Waals surface area contributed by atoms with Gasteiger partial charge in [0.15, 0.2) is 0 Å². The molecule has 1 aromatic carbocycles. The predicted molar refractivity (Wildman–Crippen MR) is 65.5 cm³/mol. The fourth-order valence-corrected chi connectivity index (χ4v) is 1.85. The number of carbonyl (C=O) groups excluding carboxylic acids is 1. The van der Waals surface area contributed by atoms with E-state index in [9.17, 15) is 9.90 Å². The second kappa shape index (κ2) is 5.80. The van der Waals surface area contributed by atoms with Crippen molar-refractivity contribution in [2.45, 2.75) is 12.5 Å². The summed E-state index contributed by atoms with van der Waals surface area (Å²) < 4.78 is 0. The highest BCUT2D eigenvalue weighted by Crippen LogP contribution is 2.06. The highest BCUT2D eigenvalue weighted by atomic mass is 16.3. The lowest BCUT2D eigenvalue weighted by atomic mass is 10.0. The lowest BCUT2D eigenvalue weighted by Gasteiger charge is -2.28. The normalized spacial score (nSPS) is 17.2. The van der Waals surface area contributed by atoms with Gasteiger partial charge in [0.1, 0.15) is 0 Å². The van der Waals surface area contributed by atoms with Gasteiger partial charge in [-0.05, 0) is 12.0 Å². The van der Waals surface area contributed by atoms with E-state index < -0.39 is 0 Å². The van der Waals surface area contributed by atoms with Crippen LogP contribution in [0.2, 0.25) is 0 Å². The molecule has 1 aromatic rings. The Morgan fingerprint density at radius 2 is 2.12 bits per heavy atom. The van der Waals surface area contributed by atoms with Crippen molar-refractivity contribution in [2.24, 2.45) is 5.92 Å². The van der Waals surface area contributed by atoms with Crippen molar-refractivity contribution < 1.29 is 9.90 Å². The summed E-state index contributed by atoms with van der Waals surface area (Å²) in [6.45, 7) is 1.46. The molecule has 4 heteroatoms. The second-order valence-electron chi connectivity index (χ2n) is 4.43. The summed E-state index contributed by atoms with van der Waals surface area (Å²) in [7, 11) is 0. The van der Waals surface area contributed by atoms with Crippen molar-refractivity contribution in [1.82, 2.24) is 10.6 Å². The number of carbonyl (C=O) groups is 1. The average molecular weight is 234 g/mol. The van der Waals surface area contributed by atoms with E-state index >= 15 is 0 Å². The van der Waals surface area contributed by atoms with Crippen molar-refractivity contribution in [3.05, 3.63) is 35.9 Å². The van der Waals surface area contributed by atoms with Gasteiger partial charge in [0.2, 0.25) is 5.91 Å². The zero-order valence-electron chi connectivity index (χ0n) is 9.73. The molecule has 0 aromatic heterocycles. The molecule has 1 aliphatic heterocycles. The predicted octanol–water partition coefficient (Wildman–Crippen LogP) is -0.0744. The summed E-state index contributed by atoms with van der Waals surface area (Å²) in [6.07, 6.45) is 0.670. The lowest BCUT2D eigenvalue weighted by Crippen LogP contribution is -2.53. The standard InChI is InChI=1S/C13H18N2O2/c16-9-12(6-10-4-2-1-3-5-10)15-13(17)11-7-14-8-11/h1-5,11-12,14,16H,6-9H2,(H,15,17)/t12-/m1/s1. The Labute approximate surface area is 101 Å². The zero-order valence-corrected chi connectivity index (χ0v) is 9.73.